The summed E-state index contributed by atoms with van der Waals surface area (Å²) in [4.78, 5) is 31.3. The second kappa shape index (κ2) is 7.24. The van der Waals surface area contributed by atoms with Gasteiger partial charge in [-0.3, -0.25) is 19.5 Å². The molecule has 0 bridgehead atoms. The van der Waals surface area contributed by atoms with Crippen molar-refractivity contribution in [1.29, 1.82) is 0 Å². The molecule has 3 heterocycles. The molecule has 1 saturated heterocycles. The molecule has 31 heavy (non-hydrogen) atoms. The van der Waals surface area contributed by atoms with Crippen LogP contribution in [0.1, 0.15) is 17.2 Å². The van der Waals surface area contributed by atoms with Gasteiger partial charge in [-0.2, -0.15) is 0 Å². The number of benzene rings is 2. The molecule has 1 unspecified atom stereocenters. The van der Waals surface area contributed by atoms with Gasteiger partial charge in [-0.05, 0) is 54.1 Å². The molecule has 1 fully saturated rings. The molecule has 2 aliphatic heterocycles. The third kappa shape index (κ3) is 3.09. The monoisotopic (exact) mass is 418 g/mol. The number of ether oxygens (including phenoxy) is 2. The Labute approximate surface area is 176 Å². The lowest BCUT2D eigenvalue weighted by atomic mass is 9.96. The van der Waals surface area contributed by atoms with E-state index < -0.39 is 23.5 Å². The highest BCUT2D eigenvalue weighted by Crippen LogP contribution is 2.43. The van der Waals surface area contributed by atoms with E-state index in [0.717, 1.165) is 0 Å². The van der Waals surface area contributed by atoms with Crippen molar-refractivity contribution in [2.45, 2.75) is 6.04 Å². The number of aromatic nitrogens is 1. The molecule has 0 saturated carbocycles. The second-order valence-electron chi connectivity index (χ2n) is 7.00. The number of hydrogen-bond acceptors (Lipinski definition) is 6. The molecule has 0 radical (unpaired) electrons. The van der Waals surface area contributed by atoms with Crippen molar-refractivity contribution < 1.29 is 28.6 Å². The van der Waals surface area contributed by atoms with Crippen molar-refractivity contribution in [1.82, 2.24) is 4.98 Å². The molecule has 154 valence electrons. The summed E-state index contributed by atoms with van der Waals surface area (Å²) in [5, 5.41) is 11.1. The lowest BCUT2D eigenvalue weighted by Crippen LogP contribution is -2.29. The van der Waals surface area contributed by atoms with E-state index >= 15 is 0 Å². The maximum Gasteiger partial charge on any atom is 0.300 e. The Morgan fingerprint density at radius 3 is 2.58 bits per heavy atom. The molecular weight excluding hydrogens is 403 g/mol. The first kappa shape index (κ1) is 18.8. The Bertz CT molecular complexity index is 1220. The molecule has 1 atom stereocenters. The Balaban J connectivity index is 1.69. The first-order valence-electron chi connectivity index (χ1n) is 9.41. The number of hydrogen-bond donors (Lipinski definition) is 1. The van der Waals surface area contributed by atoms with Crippen molar-refractivity contribution in [2.24, 2.45) is 0 Å². The molecule has 8 heteroatoms. The average Bonchev–Trinajstić information content (AvgIpc) is 3.37. The zero-order valence-corrected chi connectivity index (χ0v) is 16.0. The van der Waals surface area contributed by atoms with Gasteiger partial charge in [0, 0.05) is 23.6 Å². The number of ketones is 1. The van der Waals surface area contributed by atoms with Gasteiger partial charge >= 0.3 is 0 Å². The van der Waals surface area contributed by atoms with Crippen molar-refractivity contribution in [3.63, 3.8) is 0 Å². The number of rotatable bonds is 3. The third-order valence-corrected chi connectivity index (χ3v) is 5.20. The molecule has 2 aliphatic rings. The summed E-state index contributed by atoms with van der Waals surface area (Å²) in [6, 6.07) is 12.4. The van der Waals surface area contributed by atoms with Crippen molar-refractivity contribution in [2.75, 3.05) is 11.7 Å². The molecule has 1 N–H and O–H groups in total. The number of anilines is 1. The predicted molar refractivity (Wildman–Crippen MR) is 108 cm³/mol. The van der Waals surface area contributed by atoms with Gasteiger partial charge in [-0.1, -0.05) is 6.07 Å². The van der Waals surface area contributed by atoms with Crippen LogP contribution in [0.15, 0.2) is 72.6 Å². The van der Waals surface area contributed by atoms with E-state index in [2.05, 4.69) is 4.98 Å². The van der Waals surface area contributed by atoms with Crippen LogP contribution < -0.4 is 14.4 Å². The number of carbonyl (C=O) groups excluding carboxylic acids is 2. The summed E-state index contributed by atoms with van der Waals surface area (Å²) in [6.07, 6.45) is 3.07. The first-order chi connectivity index (χ1) is 15.0. The maximum atomic E-state index is 13.5. The molecule has 3 aromatic rings. The Kier molecular flexibility index (Phi) is 4.39. The zero-order chi connectivity index (χ0) is 21.5. The second-order valence-corrected chi connectivity index (χ2v) is 7.00. The van der Waals surface area contributed by atoms with Gasteiger partial charge in [0.15, 0.2) is 11.5 Å². The fraction of sp³-hybridized carbons (Fsp3) is 0.0870. The number of aliphatic hydroxyl groups is 1. The Hall–Kier alpha value is -4.20. The molecule has 1 amide bonds. The van der Waals surface area contributed by atoms with E-state index in [-0.39, 0.29) is 18.1 Å². The smallest absolute Gasteiger partial charge is 0.300 e. The summed E-state index contributed by atoms with van der Waals surface area (Å²) in [7, 11) is 0. The minimum atomic E-state index is -0.940. The van der Waals surface area contributed by atoms with E-state index in [1.54, 1.807) is 36.5 Å². The summed E-state index contributed by atoms with van der Waals surface area (Å²) >= 11 is 0. The molecule has 0 spiro atoms. The van der Waals surface area contributed by atoms with Crippen LogP contribution in [0.5, 0.6) is 11.5 Å². The quantitative estimate of drug-likeness (QED) is 0.397. The maximum absolute atomic E-state index is 13.5. The van der Waals surface area contributed by atoms with Crippen molar-refractivity contribution >= 4 is 23.1 Å². The topological polar surface area (TPSA) is 89.0 Å². The van der Waals surface area contributed by atoms with Crippen LogP contribution >= 0.6 is 0 Å². The number of Topliss-reactive ketones (excluding diaryl/α,β-unsaturated/α-hetero) is 1. The van der Waals surface area contributed by atoms with Gasteiger partial charge in [0.2, 0.25) is 6.79 Å². The lowest BCUT2D eigenvalue weighted by molar-refractivity contribution is -0.132. The molecular formula is C23H15FN2O5. The van der Waals surface area contributed by atoms with Crippen LogP contribution in [0.3, 0.4) is 0 Å². The molecule has 7 nitrogen and oxygen atoms in total. The van der Waals surface area contributed by atoms with Gasteiger partial charge in [0.05, 0.1) is 11.6 Å². The molecule has 2 aromatic carbocycles. The van der Waals surface area contributed by atoms with Crippen LogP contribution in [0.2, 0.25) is 0 Å². The fourth-order valence-corrected chi connectivity index (χ4v) is 3.75. The van der Waals surface area contributed by atoms with E-state index in [1.807, 2.05) is 0 Å². The largest absolute Gasteiger partial charge is 0.507 e. The van der Waals surface area contributed by atoms with E-state index in [9.17, 15) is 19.1 Å². The first-order valence-corrected chi connectivity index (χ1v) is 9.41. The minimum Gasteiger partial charge on any atom is -0.507 e. The number of carbonyl (C=O) groups is 2. The van der Waals surface area contributed by atoms with E-state index in [1.165, 1.54) is 35.4 Å². The number of aliphatic hydroxyl groups excluding tert-OH is 1. The normalized spacial score (nSPS) is 19.1. The van der Waals surface area contributed by atoms with Gasteiger partial charge in [-0.15, -0.1) is 0 Å². The van der Waals surface area contributed by atoms with Crippen molar-refractivity contribution in [3.8, 4) is 11.5 Å². The average molecular weight is 418 g/mol. The highest BCUT2D eigenvalue weighted by atomic mass is 19.1. The lowest BCUT2D eigenvalue weighted by Gasteiger charge is -2.25. The SMILES string of the molecule is O=C1C(=O)N(c2ccc(F)cc2)C(c2cccnc2)/C1=C(/O)c1ccc2c(c1)OCO2. The summed E-state index contributed by atoms with van der Waals surface area (Å²) in [6.45, 7) is 0.0597. The summed E-state index contributed by atoms with van der Waals surface area (Å²) in [5.74, 6) is -1.56. The number of amides is 1. The molecule has 0 aliphatic carbocycles. The van der Waals surface area contributed by atoms with E-state index in [0.29, 0.717) is 28.3 Å². The van der Waals surface area contributed by atoms with Gasteiger partial charge in [0.1, 0.15) is 11.6 Å². The number of nitrogens with zero attached hydrogens (tertiary/aromatic N) is 2. The van der Waals surface area contributed by atoms with Crippen LogP contribution in [0.4, 0.5) is 10.1 Å². The molecule has 5 rings (SSSR count). The minimum absolute atomic E-state index is 0.0597. The summed E-state index contributed by atoms with van der Waals surface area (Å²) in [5.41, 5.74) is 1.05. The van der Waals surface area contributed by atoms with Gasteiger partial charge < -0.3 is 14.6 Å². The fourth-order valence-electron chi connectivity index (χ4n) is 3.75. The highest BCUT2D eigenvalue weighted by molar-refractivity contribution is 6.51. The number of halogens is 1. The van der Waals surface area contributed by atoms with Gasteiger partial charge in [-0.25, -0.2) is 4.39 Å². The third-order valence-electron chi connectivity index (χ3n) is 5.20. The van der Waals surface area contributed by atoms with Crippen molar-refractivity contribution in [3.05, 3.63) is 89.5 Å². The number of fused-ring (bicyclic) bond motifs is 1. The van der Waals surface area contributed by atoms with Crippen LogP contribution in [-0.4, -0.2) is 28.6 Å². The Morgan fingerprint density at radius 1 is 1.06 bits per heavy atom. The summed E-state index contributed by atoms with van der Waals surface area (Å²) < 4.78 is 24.1. The Morgan fingerprint density at radius 2 is 1.84 bits per heavy atom. The molecule has 1 aromatic heterocycles. The highest BCUT2D eigenvalue weighted by Gasteiger charge is 2.47. The number of pyridine rings is 1. The van der Waals surface area contributed by atoms with E-state index in [4.69, 9.17) is 9.47 Å². The van der Waals surface area contributed by atoms with Crippen LogP contribution in [-0.2, 0) is 9.59 Å². The van der Waals surface area contributed by atoms with Crippen LogP contribution in [0.25, 0.3) is 5.76 Å². The predicted octanol–water partition coefficient (Wildman–Crippen LogP) is 3.58. The van der Waals surface area contributed by atoms with Gasteiger partial charge in [0.25, 0.3) is 11.7 Å². The van der Waals surface area contributed by atoms with Crippen LogP contribution in [0, 0.1) is 5.82 Å². The standard InChI is InChI=1S/C23H15FN2O5/c24-15-4-6-16(7-5-15)26-20(14-2-1-9-25-11-14)19(22(28)23(26)29)21(27)13-3-8-17-18(10-13)31-12-30-17/h1-11,20,27H,12H2/b21-19-. The zero-order valence-electron chi connectivity index (χ0n) is 16.0.